The van der Waals surface area contributed by atoms with Gasteiger partial charge in [-0.05, 0) is 17.7 Å². The van der Waals surface area contributed by atoms with Gasteiger partial charge in [-0.1, -0.05) is 12.1 Å². The third-order valence-corrected chi connectivity index (χ3v) is 2.81. The van der Waals surface area contributed by atoms with Gasteiger partial charge in [-0.2, -0.15) is 0 Å². The second-order valence-electron chi connectivity index (χ2n) is 3.53. The number of hydrogen-bond acceptors (Lipinski definition) is 3. The van der Waals surface area contributed by atoms with Crippen molar-refractivity contribution in [2.75, 3.05) is 27.3 Å². The van der Waals surface area contributed by atoms with Crippen molar-refractivity contribution in [3.8, 4) is 5.75 Å². The summed E-state index contributed by atoms with van der Waals surface area (Å²) in [6.07, 6.45) is 0. The molecule has 0 spiro atoms. The molecule has 0 atom stereocenters. The van der Waals surface area contributed by atoms with Crippen LogP contribution in [0.1, 0.15) is 5.56 Å². The Kier molecular flexibility index (Phi) is 3.97. The van der Waals surface area contributed by atoms with E-state index < -0.39 is 0 Å². The predicted molar refractivity (Wildman–Crippen MR) is 61.8 cm³/mol. The highest BCUT2D eigenvalue weighted by Gasteiger charge is 2.38. The van der Waals surface area contributed by atoms with Crippen LogP contribution in [0.4, 0.5) is 0 Å². The lowest BCUT2D eigenvalue weighted by molar-refractivity contribution is -0.0566. The maximum atomic E-state index is 5.54. The van der Waals surface area contributed by atoms with Crippen molar-refractivity contribution in [3.63, 3.8) is 0 Å². The molecule has 1 aliphatic rings. The van der Waals surface area contributed by atoms with Crippen LogP contribution < -0.4 is 10.1 Å². The summed E-state index contributed by atoms with van der Waals surface area (Å²) < 4.78 is 10.7. The van der Waals surface area contributed by atoms with Crippen molar-refractivity contribution in [2.24, 2.45) is 0 Å². The number of rotatable bonds is 3. The molecular formula is C11H16ClNO2. The molecule has 0 radical (unpaired) electrons. The fourth-order valence-electron chi connectivity index (χ4n) is 1.72. The number of ether oxygens (including phenoxy) is 2. The summed E-state index contributed by atoms with van der Waals surface area (Å²) in [4.78, 5) is 0. The van der Waals surface area contributed by atoms with E-state index in [4.69, 9.17) is 9.47 Å². The summed E-state index contributed by atoms with van der Waals surface area (Å²) in [5.41, 5.74) is 1.03. The van der Waals surface area contributed by atoms with Crippen molar-refractivity contribution in [1.29, 1.82) is 0 Å². The molecule has 0 amide bonds. The van der Waals surface area contributed by atoms with Gasteiger partial charge in [0.15, 0.2) is 0 Å². The van der Waals surface area contributed by atoms with Gasteiger partial charge in [-0.15, -0.1) is 12.4 Å². The molecule has 0 saturated carbocycles. The van der Waals surface area contributed by atoms with Crippen LogP contribution in [0.25, 0.3) is 0 Å². The molecule has 0 aromatic heterocycles. The summed E-state index contributed by atoms with van der Waals surface area (Å²) in [5, 5.41) is 3.22. The summed E-state index contributed by atoms with van der Waals surface area (Å²) in [7, 11) is 3.43. The standard InChI is InChI=1S/C11H15NO2.ClH/c1-13-10-5-3-4-9(6-10)11(14-2)7-12-8-11;/h3-6,12H,7-8H2,1-2H3;1H. The van der Waals surface area contributed by atoms with Crippen LogP contribution in [0.2, 0.25) is 0 Å². The van der Waals surface area contributed by atoms with Gasteiger partial charge in [0, 0.05) is 20.2 Å². The molecule has 1 saturated heterocycles. The van der Waals surface area contributed by atoms with E-state index in [1.807, 2.05) is 18.2 Å². The van der Waals surface area contributed by atoms with Crippen molar-refractivity contribution in [1.82, 2.24) is 5.32 Å². The van der Waals surface area contributed by atoms with Crippen molar-refractivity contribution >= 4 is 12.4 Å². The molecule has 0 aliphatic carbocycles. The van der Waals surface area contributed by atoms with Gasteiger partial charge in [0.25, 0.3) is 0 Å². The predicted octanol–water partition coefficient (Wildman–Crippen LogP) is 1.56. The maximum Gasteiger partial charge on any atom is 0.119 e. The summed E-state index contributed by atoms with van der Waals surface area (Å²) >= 11 is 0. The second-order valence-corrected chi connectivity index (χ2v) is 3.53. The number of methoxy groups -OCH3 is 2. The molecule has 0 bridgehead atoms. The molecular weight excluding hydrogens is 214 g/mol. The molecule has 1 aliphatic heterocycles. The Morgan fingerprint density at radius 3 is 2.47 bits per heavy atom. The molecule has 1 heterocycles. The lowest BCUT2D eigenvalue weighted by atomic mass is 9.88. The molecule has 3 nitrogen and oxygen atoms in total. The SMILES string of the molecule is COc1cccc(C2(OC)CNC2)c1.Cl. The smallest absolute Gasteiger partial charge is 0.119 e. The zero-order valence-electron chi connectivity index (χ0n) is 8.95. The van der Waals surface area contributed by atoms with E-state index >= 15 is 0 Å². The topological polar surface area (TPSA) is 30.5 Å². The van der Waals surface area contributed by atoms with Gasteiger partial charge in [0.05, 0.1) is 7.11 Å². The van der Waals surface area contributed by atoms with Crippen molar-refractivity contribution in [3.05, 3.63) is 29.8 Å². The molecule has 84 valence electrons. The summed E-state index contributed by atoms with van der Waals surface area (Å²) in [6, 6.07) is 8.05. The lowest BCUT2D eigenvalue weighted by Crippen LogP contribution is -2.57. The Balaban J connectivity index is 0.00000112. The Bertz CT molecular complexity index is 321. The number of halogens is 1. The van der Waals surface area contributed by atoms with Crippen LogP contribution >= 0.6 is 12.4 Å². The highest BCUT2D eigenvalue weighted by Crippen LogP contribution is 2.31. The first-order chi connectivity index (χ1) is 6.80. The first-order valence-electron chi connectivity index (χ1n) is 4.71. The normalized spacial score (nSPS) is 17.5. The van der Waals surface area contributed by atoms with E-state index in [0.29, 0.717) is 0 Å². The highest BCUT2D eigenvalue weighted by molar-refractivity contribution is 5.85. The molecule has 1 N–H and O–H groups in total. The van der Waals surface area contributed by atoms with Crippen LogP contribution in [0, 0.1) is 0 Å². The average molecular weight is 230 g/mol. The molecule has 4 heteroatoms. The van der Waals surface area contributed by atoms with Crippen LogP contribution in [0.5, 0.6) is 5.75 Å². The summed E-state index contributed by atoms with van der Waals surface area (Å²) in [6.45, 7) is 1.74. The van der Waals surface area contributed by atoms with Gasteiger partial charge in [-0.3, -0.25) is 0 Å². The van der Waals surface area contributed by atoms with Crippen molar-refractivity contribution in [2.45, 2.75) is 5.60 Å². The van der Waals surface area contributed by atoms with Crippen LogP contribution in [0.3, 0.4) is 0 Å². The lowest BCUT2D eigenvalue weighted by Gasteiger charge is -2.41. The zero-order valence-corrected chi connectivity index (χ0v) is 9.76. The largest absolute Gasteiger partial charge is 0.497 e. The van der Waals surface area contributed by atoms with E-state index in [0.717, 1.165) is 18.8 Å². The van der Waals surface area contributed by atoms with Gasteiger partial charge in [0.2, 0.25) is 0 Å². The van der Waals surface area contributed by atoms with E-state index in [1.54, 1.807) is 14.2 Å². The monoisotopic (exact) mass is 229 g/mol. The van der Waals surface area contributed by atoms with E-state index in [-0.39, 0.29) is 18.0 Å². The average Bonchev–Trinajstić information content (AvgIpc) is 2.18. The van der Waals surface area contributed by atoms with Crippen molar-refractivity contribution < 1.29 is 9.47 Å². The minimum Gasteiger partial charge on any atom is -0.497 e. The number of benzene rings is 1. The fourth-order valence-corrected chi connectivity index (χ4v) is 1.72. The first-order valence-corrected chi connectivity index (χ1v) is 4.71. The summed E-state index contributed by atoms with van der Waals surface area (Å²) in [5.74, 6) is 0.880. The molecule has 0 unspecified atom stereocenters. The molecule has 1 fully saturated rings. The number of nitrogens with one attached hydrogen (secondary N) is 1. The fraction of sp³-hybridized carbons (Fsp3) is 0.455. The Hall–Kier alpha value is -0.770. The Labute approximate surface area is 96.2 Å². The van der Waals surface area contributed by atoms with Gasteiger partial charge < -0.3 is 14.8 Å². The van der Waals surface area contributed by atoms with Crippen LogP contribution in [-0.4, -0.2) is 27.3 Å². The van der Waals surface area contributed by atoms with Crippen LogP contribution in [0.15, 0.2) is 24.3 Å². The highest BCUT2D eigenvalue weighted by atomic mass is 35.5. The molecule has 15 heavy (non-hydrogen) atoms. The Morgan fingerprint density at radius 2 is 2.00 bits per heavy atom. The Morgan fingerprint density at radius 1 is 1.27 bits per heavy atom. The van der Waals surface area contributed by atoms with E-state index in [1.165, 1.54) is 5.56 Å². The zero-order chi connectivity index (χ0) is 10.0. The molecule has 2 rings (SSSR count). The minimum atomic E-state index is -0.144. The first kappa shape index (κ1) is 12.3. The quantitative estimate of drug-likeness (QED) is 0.854. The minimum absolute atomic E-state index is 0. The van der Waals surface area contributed by atoms with Crippen LogP contribution in [-0.2, 0) is 10.3 Å². The van der Waals surface area contributed by atoms with E-state index in [2.05, 4.69) is 11.4 Å². The van der Waals surface area contributed by atoms with E-state index in [9.17, 15) is 0 Å². The molecule has 1 aromatic carbocycles. The molecule has 1 aromatic rings. The maximum absolute atomic E-state index is 5.54. The van der Waals surface area contributed by atoms with Gasteiger partial charge in [0.1, 0.15) is 11.4 Å². The van der Waals surface area contributed by atoms with Gasteiger partial charge in [-0.25, -0.2) is 0 Å². The third kappa shape index (κ3) is 2.09. The second kappa shape index (κ2) is 4.84. The third-order valence-electron chi connectivity index (χ3n) is 2.81. The number of hydrogen-bond donors (Lipinski definition) is 1. The van der Waals surface area contributed by atoms with Gasteiger partial charge >= 0.3 is 0 Å².